The number of benzene rings is 1. The van der Waals surface area contributed by atoms with E-state index < -0.39 is 35.8 Å². The summed E-state index contributed by atoms with van der Waals surface area (Å²) in [4.78, 5) is 5.73. The molecule has 0 radical (unpaired) electrons. The number of aliphatic hydroxyl groups is 3. The summed E-state index contributed by atoms with van der Waals surface area (Å²) in [7, 11) is 0. The maximum Gasteiger partial charge on any atom is 0.212 e. The summed E-state index contributed by atoms with van der Waals surface area (Å²) >= 11 is 9.26. The number of nitrogens with zero attached hydrogens (tertiary/aromatic N) is 1. The van der Waals surface area contributed by atoms with Crippen molar-refractivity contribution in [2.45, 2.75) is 36.3 Å². The van der Waals surface area contributed by atoms with Crippen LogP contribution in [0.3, 0.4) is 0 Å². The molecule has 3 heterocycles. The van der Waals surface area contributed by atoms with Crippen LogP contribution in [0.1, 0.15) is 22.1 Å². The first-order valence-electron chi connectivity index (χ1n) is 9.59. The molecule has 31 heavy (non-hydrogen) atoms. The molecule has 0 spiro atoms. The lowest BCUT2D eigenvalue weighted by molar-refractivity contribution is -0.200. The molecule has 5 atom stereocenters. The van der Waals surface area contributed by atoms with Gasteiger partial charge in [0.2, 0.25) is 5.95 Å². The average Bonchev–Trinajstić information content (AvgIpc) is 3.23. The van der Waals surface area contributed by atoms with E-state index in [4.69, 9.17) is 16.3 Å². The van der Waals surface area contributed by atoms with E-state index >= 15 is 0 Å². The van der Waals surface area contributed by atoms with Gasteiger partial charge in [0, 0.05) is 33.0 Å². The number of thiophene rings is 1. The molecule has 1 aliphatic heterocycles. The molecular weight excluding hydrogens is 461 g/mol. The Kier molecular flexibility index (Phi) is 6.98. The fourth-order valence-electron chi connectivity index (χ4n) is 3.56. The van der Waals surface area contributed by atoms with Gasteiger partial charge in [-0.3, -0.25) is 0 Å². The molecule has 1 saturated heterocycles. The Morgan fingerprint density at radius 3 is 2.61 bits per heavy atom. The molecular formula is C22H21ClFNO4S2. The number of hydrogen-bond acceptors (Lipinski definition) is 7. The third-order valence-corrected chi connectivity index (χ3v) is 7.60. The van der Waals surface area contributed by atoms with Gasteiger partial charge < -0.3 is 20.1 Å². The summed E-state index contributed by atoms with van der Waals surface area (Å²) < 4.78 is 18.9. The SMILES string of the molecule is CS[C@H]1O[C@@H](c2ccc(Cl)c(Cc3ccc(-c4ccc(F)nc4)s3)c2)[C@H](O)[C@@H](O)[C@@H]1O. The first-order chi connectivity index (χ1) is 14.9. The zero-order valence-corrected chi connectivity index (χ0v) is 18.9. The van der Waals surface area contributed by atoms with E-state index in [0.717, 1.165) is 20.9 Å². The van der Waals surface area contributed by atoms with Crippen LogP contribution >= 0.6 is 34.7 Å². The summed E-state index contributed by atoms with van der Waals surface area (Å²) in [5.41, 5.74) is 1.72. The topological polar surface area (TPSA) is 82.8 Å². The smallest absolute Gasteiger partial charge is 0.212 e. The Labute approximate surface area is 192 Å². The molecule has 0 aliphatic carbocycles. The standard InChI is InChI=1S/C22H21ClFNO4S2/c1-30-22-20(28)18(26)19(27)21(29-22)11-2-5-15(23)13(8-11)9-14-4-6-16(31-14)12-3-7-17(24)25-10-12/h2-8,10,18-22,26-28H,9H2,1H3/t18-,19-,20+,21+,22-/m1/s1. The highest BCUT2D eigenvalue weighted by atomic mass is 35.5. The second kappa shape index (κ2) is 9.54. The van der Waals surface area contributed by atoms with E-state index in [1.807, 2.05) is 18.2 Å². The highest BCUT2D eigenvalue weighted by Gasteiger charge is 2.44. The number of aromatic nitrogens is 1. The number of thioether (sulfide) groups is 1. The summed E-state index contributed by atoms with van der Waals surface area (Å²) in [6.07, 6.45) is -0.678. The number of pyridine rings is 1. The maximum atomic E-state index is 13.1. The van der Waals surface area contributed by atoms with Gasteiger partial charge in [0.1, 0.15) is 29.9 Å². The lowest BCUT2D eigenvalue weighted by Crippen LogP contribution is -2.52. The maximum absolute atomic E-state index is 13.1. The molecule has 2 aromatic heterocycles. The van der Waals surface area contributed by atoms with E-state index in [1.165, 1.54) is 24.0 Å². The van der Waals surface area contributed by atoms with Gasteiger partial charge in [0.15, 0.2) is 0 Å². The quantitative estimate of drug-likeness (QED) is 0.477. The predicted octanol–water partition coefficient (Wildman–Crippen LogP) is 4.04. The van der Waals surface area contributed by atoms with Crippen LogP contribution in [0.5, 0.6) is 0 Å². The van der Waals surface area contributed by atoms with Crippen molar-refractivity contribution in [1.29, 1.82) is 0 Å². The van der Waals surface area contributed by atoms with Crippen LogP contribution in [0.25, 0.3) is 10.4 Å². The number of hydrogen-bond donors (Lipinski definition) is 3. The van der Waals surface area contributed by atoms with Crippen molar-refractivity contribution in [3.8, 4) is 10.4 Å². The third kappa shape index (κ3) is 4.80. The van der Waals surface area contributed by atoms with E-state index in [0.29, 0.717) is 17.0 Å². The molecule has 3 aromatic rings. The number of rotatable bonds is 5. The fraction of sp³-hybridized carbons (Fsp3) is 0.318. The van der Waals surface area contributed by atoms with Crippen LogP contribution < -0.4 is 0 Å². The Morgan fingerprint density at radius 1 is 1.10 bits per heavy atom. The Balaban J connectivity index is 1.57. The van der Waals surface area contributed by atoms with Crippen molar-refractivity contribution in [1.82, 2.24) is 4.98 Å². The van der Waals surface area contributed by atoms with Crippen LogP contribution in [0.4, 0.5) is 4.39 Å². The lowest BCUT2D eigenvalue weighted by Gasteiger charge is -2.40. The molecule has 1 aliphatic rings. The van der Waals surface area contributed by atoms with Crippen LogP contribution in [-0.2, 0) is 11.2 Å². The van der Waals surface area contributed by atoms with Gasteiger partial charge in [0.25, 0.3) is 0 Å². The zero-order valence-electron chi connectivity index (χ0n) is 16.5. The van der Waals surface area contributed by atoms with E-state index in [-0.39, 0.29) is 0 Å². The summed E-state index contributed by atoms with van der Waals surface area (Å²) in [5, 5.41) is 31.3. The number of aliphatic hydroxyl groups excluding tert-OH is 3. The van der Waals surface area contributed by atoms with Crippen LogP contribution in [0.15, 0.2) is 48.7 Å². The monoisotopic (exact) mass is 481 g/mol. The molecule has 0 amide bonds. The molecule has 5 nitrogen and oxygen atoms in total. The first-order valence-corrected chi connectivity index (χ1v) is 12.1. The highest BCUT2D eigenvalue weighted by Crippen LogP contribution is 2.37. The Morgan fingerprint density at radius 2 is 1.90 bits per heavy atom. The molecule has 0 saturated carbocycles. The van der Waals surface area contributed by atoms with Crippen LogP contribution in [-0.4, -0.2) is 50.3 Å². The molecule has 3 N–H and O–H groups in total. The van der Waals surface area contributed by atoms with Crippen molar-refractivity contribution < 1.29 is 24.4 Å². The number of halogens is 2. The van der Waals surface area contributed by atoms with Crippen LogP contribution in [0, 0.1) is 5.95 Å². The van der Waals surface area contributed by atoms with Crippen molar-refractivity contribution in [2.75, 3.05) is 6.26 Å². The highest BCUT2D eigenvalue weighted by molar-refractivity contribution is 7.99. The second-order valence-corrected chi connectivity index (χ2v) is 9.81. The van der Waals surface area contributed by atoms with Gasteiger partial charge in [-0.1, -0.05) is 23.7 Å². The van der Waals surface area contributed by atoms with Crippen molar-refractivity contribution in [3.63, 3.8) is 0 Å². The van der Waals surface area contributed by atoms with Gasteiger partial charge in [0.05, 0.1) is 0 Å². The fourth-order valence-corrected chi connectivity index (χ4v) is 5.44. The zero-order chi connectivity index (χ0) is 22.1. The van der Waals surface area contributed by atoms with E-state index in [1.54, 1.807) is 35.8 Å². The minimum Gasteiger partial charge on any atom is -0.387 e. The minimum absolute atomic E-state index is 0.516. The van der Waals surface area contributed by atoms with Gasteiger partial charge >= 0.3 is 0 Å². The molecule has 0 unspecified atom stereocenters. The predicted molar refractivity (Wildman–Crippen MR) is 121 cm³/mol. The number of ether oxygens (including phenoxy) is 1. The van der Waals surface area contributed by atoms with Crippen LogP contribution in [0.2, 0.25) is 5.02 Å². The lowest BCUT2D eigenvalue weighted by atomic mass is 9.93. The first kappa shape index (κ1) is 22.7. The van der Waals surface area contributed by atoms with E-state index in [2.05, 4.69) is 4.98 Å². The average molecular weight is 482 g/mol. The Bertz CT molecular complexity index is 1050. The van der Waals surface area contributed by atoms with Crippen molar-refractivity contribution in [3.05, 3.63) is 75.6 Å². The minimum atomic E-state index is -1.31. The molecule has 9 heteroatoms. The largest absolute Gasteiger partial charge is 0.387 e. The molecule has 1 fully saturated rings. The van der Waals surface area contributed by atoms with Gasteiger partial charge in [-0.05, 0) is 47.7 Å². The van der Waals surface area contributed by atoms with Crippen molar-refractivity contribution >= 4 is 34.7 Å². The van der Waals surface area contributed by atoms with Gasteiger partial charge in [-0.2, -0.15) is 4.39 Å². The van der Waals surface area contributed by atoms with E-state index in [9.17, 15) is 19.7 Å². The molecule has 164 valence electrons. The third-order valence-electron chi connectivity index (χ3n) is 5.24. The molecule has 4 rings (SSSR count). The van der Waals surface area contributed by atoms with Gasteiger partial charge in [-0.15, -0.1) is 23.1 Å². The van der Waals surface area contributed by atoms with Crippen molar-refractivity contribution in [2.24, 2.45) is 0 Å². The summed E-state index contributed by atoms with van der Waals surface area (Å²) in [6.45, 7) is 0. The molecule has 1 aromatic carbocycles. The molecule has 0 bridgehead atoms. The summed E-state index contributed by atoms with van der Waals surface area (Å²) in [5.74, 6) is -0.516. The Hall–Kier alpha value is -1.52. The summed E-state index contributed by atoms with van der Waals surface area (Å²) in [6, 6.07) is 12.3. The van der Waals surface area contributed by atoms with Gasteiger partial charge in [-0.25, -0.2) is 4.98 Å². The normalized spacial score (nSPS) is 26.2. The second-order valence-electron chi connectivity index (χ2n) is 7.30.